The summed E-state index contributed by atoms with van der Waals surface area (Å²) in [6.45, 7) is 2.12. The highest BCUT2D eigenvalue weighted by molar-refractivity contribution is 6.42. The Kier molecular flexibility index (Phi) is 4.79. The van der Waals surface area contributed by atoms with Crippen LogP contribution >= 0.6 is 23.2 Å². The fourth-order valence-electron chi connectivity index (χ4n) is 2.18. The number of rotatable bonds is 3. The summed E-state index contributed by atoms with van der Waals surface area (Å²) < 4.78 is 0. The molecular weight excluding hydrogens is 267 g/mol. The predicted octanol–water partition coefficient (Wildman–Crippen LogP) is 5.15. The van der Waals surface area contributed by atoms with Crippen molar-refractivity contribution in [2.45, 2.75) is 39.0 Å². The second-order valence-corrected chi connectivity index (χ2v) is 5.48. The molecule has 1 aliphatic rings. The average molecular weight is 285 g/mol. The standard InChI is InChI=1S/C14H18Cl2N2/c1-10(11-5-3-2-4-6-11)17-18-12-7-8-13(15)14(16)9-12/h7-9,17-18H,2-6H2,1H3. The highest BCUT2D eigenvalue weighted by Gasteiger charge is 2.08. The molecule has 98 valence electrons. The molecule has 0 aromatic heterocycles. The molecule has 18 heavy (non-hydrogen) atoms. The van der Waals surface area contributed by atoms with Gasteiger partial charge in [0.1, 0.15) is 0 Å². The van der Waals surface area contributed by atoms with Gasteiger partial charge < -0.3 is 10.9 Å². The zero-order valence-corrected chi connectivity index (χ0v) is 12.0. The molecule has 1 fully saturated rings. The van der Waals surface area contributed by atoms with E-state index in [0.29, 0.717) is 10.0 Å². The summed E-state index contributed by atoms with van der Waals surface area (Å²) in [7, 11) is 0. The number of hydrogen-bond donors (Lipinski definition) is 2. The van der Waals surface area contributed by atoms with Crippen molar-refractivity contribution in [3.63, 3.8) is 0 Å². The Morgan fingerprint density at radius 1 is 1.06 bits per heavy atom. The number of halogens is 2. The molecule has 0 heterocycles. The Morgan fingerprint density at radius 2 is 1.78 bits per heavy atom. The van der Waals surface area contributed by atoms with E-state index in [0.717, 1.165) is 5.69 Å². The van der Waals surface area contributed by atoms with Gasteiger partial charge in [-0.15, -0.1) is 0 Å². The molecular formula is C14H18Cl2N2. The second kappa shape index (κ2) is 6.35. The van der Waals surface area contributed by atoms with Crippen LogP contribution in [0.15, 0.2) is 29.5 Å². The van der Waals surface area contributed by atoms with Crippen molar-refractivity contribution < 1.29 is 0 Å². The SMILES string of the molecule is CC(NNc1ccc(Cl)c(Cl)c1)=C1CCCCC1. The molecule has 1 aliphatic carbocycles. The minimum Gasteiger partial charge on any atom is -0.305 e. The van der Waals surface area contributed by atoms with Crippen molar-refractivity contribution in [3.05, 3.63) is 39.5 Å². The third-order valence-electron chi connectivity index (χ3n) is 3.30. The van der Waals surface area contributed by atoms with Crippen LogP contribution in [0.25, 0.3) is 0 Å². The summed E-state index contributed by atoms with van der Waals surface area (Å²) in [4.78, 5) is 0. The molecule has 4 heteroatoms. The van der Waals surface area contributed by atoms with Gasteiger partial charge in [0.2, 0.25) is 0 Å². The predicted molar refractivity (Wildman–Crippen MR) is 79.0 cm³/mol. The largest absolute Gasteiger partial charge is 0.305 e. The third kappa shape index (κ3) is 3.56. The first-order valence-electron chi connectivity index (χ1n) is 6.32. The van der Waals surface area contributed by atoms with Crippen LogP contribution in [-0.2, 0) is 0 Å². The average Bonchev–Trinajstić information content (AvgIpc) is 2.41. The first kappa shape index (κ1) is 13.6. The van der Waals surface area contributed by atoms with Crippen LogP contribution in [0.2, 0.25) is 10.0 Å². The van der Waals surface area contributed by atoms with Crippen molar-refractivity contribution in [1.29, 1.82) is 0 Å². The summed E-state index contributed by atoms with van der Waals surface area (Å²) >= 11 is 11.8. The second-order valence-electron chi connectivity index (χ2n) is 4.67. The topological polar surface area (TPSA) is 24.1 Å². The number of anilines is 1. The number of hydrazine groups is 1. The number of hydrogen-bond acceptors (Lipinski definition) is 2. The quantitative estimate of drug-likeness (QED) is 0.751. The highest BCUT2D eigenvalue weighted by atomic mass is 35.5. The van der Waals surface area contributed by atoms with Gasteiger partial charge in [0.15, 0.2) is 0 Å². The van der Waals surface area contributed by atoms with Crippen molar-refractivity contribution in [1.82, 2.24) is 5.43 Å². The number of allylic oxidation sites excluding steroid dienone is 2. The maximum Gasteiger partial charge on any atom is 0.0613 e. The van der Waals surface area contributed by atoms with E-state index < -0.39 is 0 Å². The van der Waals surface area contributed by atoms with Gasteiger partial charge >= 0.3 is 0 Å². The lowest BCUT2D eigenvalue weighted by Crippen LogP contribution is -2.21. The van der Waals surface area contributed by atoms with Crippen molar-refractivity contribution in [2.75, 3.05) is 5.43 Å². The van der Waals surface area contributed by atoms with E-state index in [1.807, 2.05) is 12.1 Å². The van der Waals surface area contributed by atoms with Crippen molar-refractivity contribution in [2.24, 2.45) is 0 Å². The minimum atomic E-state index is 0.562. The van der Waals surface area contributed by atoms with Crippen LogP contribution in [-0.4, -0.2) is 0 Å². The Labute approximate surface area is 118 Å². The van der Waals surface area contributed by atoms with E-state index in [1.165, 1.54) is 43.4 Å². The Morgan fingerprint density at radius 3 is 2.44 bits per heavy atom. The summed E-state index contributed by atoms with van der Waals surface area (Å²) in [5.41, 5.74) is 10.1. The molecule has 1 saturated carbocycles. The highest BCUT2D eigenvalue weighted by Crippen LogP contribution is 2.26. The van der Waals surface area contributed by atoms with Crippen LogP contribution in [0.5, 0.6) is 0 Å². The van der Waals surface area contributed by atoms with Gasteiger partial charge in [0, 0.05) is 5.70 Å². The van der Waals surface area contributed by atoms with Gasteiger partial charge in [-0.1, -0.05) is 29.6 Å². The minimum absolute atomic E-state index is 0.562. The monoisotopic (exact) mass is 284 g/mol. The first-order valence-corrected chi connectivity index (χ1v) is 7.08. The fourth-order valence-corrected chi connectivity index (χ4v) is 2.48. The van der Waals surface area contributed by atoms with Gasteiger partial charge in [-0.2, -0.15) is 0 Å². The van der Waals surface area contributed by atoms with E-state index in [-0.39, 0.29) is 0 Å². The maximum atomic E-state index is 5.97. The number of nitrogens with one attached hydrogen (secondary N) is 2. The zero-order valence-electron chi connectivity index (χ0n) is 10.5. The Hall–Kier alpha value is -0.860. The van der Waals surface area contributed by atoms with Crippen LogP contribution in [0.4, 0.5) is 5.69 Å². The van der Waals surface area contributed by atoms with Gasteiger partial charge in [0.05, 0.1) is 15.7 Å². The van der Waals surface area contributed by atoms with Gasteiger partial charge in [0.25, 0.3) is 0 Å². The summed E-state index contributed by atoms with van der Waals surface area (Å²) in [5, 5.41) is 1.14. The van der Waals surface area contributed by atoms with E-state index in [9.17, 15) is 0 Å². The van der Waals surface area contributed by atoms with Crippen LogP contribution in [0.1, 0.15) is 39.0 Å². The molecule has 2 rings (SSSR count). The third-order valence-corrected chi connectivity index (χ3v) is 4.04. The normalized spacial score (nSPS) is 15.4. The summed E-state index contributed by atoms with van der Waals surface area (Å²) in [6.07, 6.45) is 6.39. The van der Waals surface area contributed by atoms with E-state index >= 15 is 0 Å². The fraction of sp³-hybridized carbons (Fsp3) is 0.429. The maximum absolute atomic E-state index is 5.97. The molecule has 0 atom stereocenters. The molecule has 2 N–H and O–H groups in total. The molecule has 0 radical (unpaired) electrons. The molecule has 0 saturated heterocycles. The smallest absolute Gasteiger partial charge is 0.0613 e. The van der Waals surface area contributed by atoms with Gasteiger partial charge in [-0.05, 0) is 56.4 Å². The first-order chi connectivity index (χ1) is 8.66. The number of benzene rings is 1. The molecule has 0 unspecified atom stereocenters. The van der Waals surface area contributed by atoms with Crippen LogP contribution in [0, 0.1) is 0 Å². The molecule has 0 amide bonds. The van der Waals surface area contributed by atoms with Crippen molar-refractivity contribution >= 4 is 28.9 Å². The van der Waals surface area contributed by atoms with Crippen molar-refractivity contribution in [3.8, 4) is 0 Å². The van der Waals surface area contributed by atoms with Gasteiger partial charge in [-0.25, -0.2) is 0 Å². The lowest BCUT2D eigenvalue weighted by atomic mass is 9.94. The summed E-state index contributed by atoms with van der Waals surface area (Å²) in [5.74, 6) is 0. The molecule has 2 nitrogen and oxygen atoms in total. The zero-order chi connectivity index (χ0) is 13.0. The Bertz CT molecular complexity index is 447. The van der Waals surface area contributed by atoms with Gasteiger partial charge in [-0.3, -0.25) is 0 Å². The molecule has 0 aliphatic heterocycles. The summed E-state index contributed by atoms with van der Waals surface area (Å²) in [6, 6.07) is 5.51. The molecule has 0 bridgehead atoms. The molecule has 0 spiro atoms. The lowest BCUT2D eigenvalue weighted by molar-refractivity contribution is 0.587. The lowest BCUT2D eigenvalue weighted by Gasteiger charge is -2.19. The van der Waals surface area contributed by atoms with Crippen LogP contribution < -0.4 is 10.9 Å². The molecule has 1 aromatic carbocycles. The van der Waals surface area contributed by atoms with Crippen LogP contribution in [0.3, 0.4) is 0 Å². The van der Waals surface area contributed by atoms with E-state index in [2.05, 4.69) is 17.8 Å². The molecule has 1 aromatic rings. The van der Waals surface area contributed by atoms with E-state index in [1.54, 1.807) is 6.07 Å². The van der Waals surface area contributed by atoms with E-state index in [4.69, 9.17) is 23.2 Å². The Balaban J connectivity index is 1.96.